The summed E-state index contributed by atoms with van der Waals surface area (Å²) in [6.07, 6.45) is 0.132. The summed E-state index contributed by atoms with van der Waals surface area (Å²) in [6, 6.07) is 3.00. The van der Waals surface area contributed by atoms with Gasteiger partial charge in [-0.2, -0.15) is 13.2 Å². The van der Waals surface area contributed by atoms with E-state index >= 15 is 0 Å². The highest BCUT2D eigenvalue weighted by Gasteiger charge is 2.46. The van der Waals surface area contributed by atoms with Gasteiger partial charge < -0.3 is 20.1 Å². The largest absolute Gasteiger partial charge is 0.479 e. The second-order valence-electron chi connectivity index (χ2n) is 9.51. The summed E-state index contributed by atoms with van der Waals surface area (Å²) in [7, 11) is -1.58. The first kappa shape index (κ1) is 27.4. The summed E-state index contributed by atoms with van der Waals surface area (Å²) in [6.45, 7) is 0.222. The number of likely N-dealkylation sites (N-methyl/N-ethyl adjacent to an activating group) is 1. The van der Waals surface area contributed by atoms with Crippen LogP contribution in [0.4, 0.5) is 13.2 Å². The summed E-state index contributed by atoms with van der Waals surface area (Å²) in [4.78, 5) is 31.4. The maximum atomic E-state index is 13.1. The molecule has 0 spiro atoms. The van der Waals surface area contributed by atoms with E-state index in [1.807, 2.05) is 0 Å². The minimum Gasteiger partial charge on any atom is -0.479 e. The first-order valence-corrected chi connectivity index (χ1v) is 13.4. The van der Waals surface area contributed by atoms with E-state index in [1.165, 1.54) is 28.8 Å². The van der Waals surface area contributed by atoms with Gasteiger partial charge in [0.15, 0.2) is 22.2 Å². The molecule has 2 aliphatic rings. The number of pyridine rings is 1. The molecule has 206 valence electrons. The molecule has 38 heavy (non-hydrogen) atoms. The van der Waals surface area contributed by atoms with E-state index in [0.29, 0.717) is 6.54 Å². The number of alkyl halides is 3. The van der Waals surface area contributed by atoms with Gasteiger partial charge in [0.25, 0.3) is 5.91 Å². The number of nitrogens with two attached hydrogens (primary N) is 1. The molecule has 2 aliphatic heterocycles. The van der Waals surface area contributed by atoms with Crippen molar-refractivity contribution in [3.63, 3.8) is 0 Å². The average Bonchev–Trinajstić information content (AvgIpc) is 3.18. The van der Waals surface area contributed by atoms with Crippen molar-refractivity contribution in [2.24, 2.45) is 5.73 Å². The molecule has 4 rings (SSSR count). The Morgan fingerprint density at radius 2 is 1.95 bits per heavy atom. The molecular formula is C23H27F3N5O6S+. The lowest BCUT2D eigenvalue weighted by Gasteiger charge is -2.26. The lowest BCUT2D eigenvalue weighted by Crippen LogP contribution is -2.45. The maximum absolute atomic E-state index is 13.1. The fraction of sp³-hybridized carbons (Fsp3) is 0.478. The van der Waals surface area contributed by atoms with E-state index in [4.69, 9.17) is 15.2 Å². The zero-order chi connectivity index (χ0) is 27.9. The molecule has 11 nitrogen and oxygen atoms in total. The molecule has 2 aromatic rings. The van der Waals surface area contributed by atoms with Crippen molar-refractivity contribution in [2.45, 2.75) is 38.0 Å². The molecule has 1 fully saturated rings. The van der Waals surface area contributed by atoms with Gasteiger partial charge in [-0.15, -0.1) is 0 Å². The molecule has 0 atom stereocenters. The number of rotatable bonds is 8. The topological polar surface area (TPSA) is 136 Å². The number of hydrogen-bond acceptors (Lipinski definition) is 8. The molecule has 0 saturated carbocycles. The summed E-state index contributed by atoms with van der Waals surface area (Å²) in [5.41, 5.74) is 4.97. The second kappa shape index (κ2) is 9.93. The van der Waals surface area contributed by atoms with Crippen LogP contribution in [0.15, 0.2) is 42.1 Å². The van der Waals surface area contributed by atoms with Crippen molar-refractivity contribution in [1.29, 1.82) is 0 Å². The van der Waals surface area contributed by atoms with Crippen molar-refractivity contribution in [3.8, 4) is 5.75 Å². The van der Waals surface area contributed by atoms with Gasteiger partial charge in [0, 0.05) is 43.0 Å². The highest BCUT2D eigenvalue weighted by molar-refractivity contribution is 7.91. The summed E-state index contributed by atoms with van der Waals surface area (Å²) in [5, 5.41) is 0. The van der Waals surface area contributed by atoms with E-state index in [-0.39, 0.29) is 65.3 Å². The number of sulfone groups is 1. The lowest BCUT2D eigenvalue weighted by molar-refractivity contribution is -0.640. The number of allylic oxidation sites excluding steroid dienone is 1. The Morgan fingerprint density at radius 1 is 1.26 bits per heavy atom. The van der Waals surface area contributed by atoms with Gasteiger partial charge in [-0.25, -0.2) is 13.4 Å². The van der Waals surface area contributed by atoms with Gasteiger partial charge in [-0.3, -0.25) is 9.20 Å². The predicted octanol–water partition coefficient (Wildman–Crippen LogP) is 2.31. The van der Waals surface area contributed by atoms with Gasteiger partial charge in [-0.1, -0.05) is 6.08 Å². The molecule has 0 bridgehead atoms. The number of primary amides is 1. The monoisotopic (exact) mass is 558 g/mol. The number of aromatic nitrogens is 2. The number of carbonyl (C=O) groups is 1. The lowest BCUT2D eigenvalue weighted by atomic mass is 9.94. The second-order valence-corrected chi connectivity index (χ2v) is 11.8. The van der Waals surface area contributed by atoms with Crippen LogP contribution in [0.5, 0.6) is 5.75 Å². The molecule has 1 saturated heterocycles. The van der Waals surface area contributed by atoms with Crippen LogP contribution in [0, 0.1) is 4.91 Å². The number of nitrogens with zero attached hydrogens (tertiary/aromatic N) is 4. The van der Waals surface area contributed by atoms with Crippen LogP contribution < -0.4 is 10.5 Å². The third-order valence-corrected chi connectivity index (χ3v) is 8.16. The first-order chi connectivity index (χ1) is 17.7. The van der Waals surface area contributed by atoms with E-state index in [1.54, 1.807) is 24.9 Å². The minimum absolute atomic E-state index is 0.0305. The van der Waals surface area contributed by atoms with Crippen LogP contribution in [0.3, 0.4) is 0 Å². The molecule has 0 aliphatic carbocycles. The Labute approximate surface area is 216 Å². The molecule has 0 unspecified atom stereocenters. The van der Waals surface area contributed by atoms with Crippen molar-refractivity contribution in [3.05, 3.63) is 58.4 Å². The molecule has 15 heteroatoms. The van der Waals surface area contributed by atoms with Crippen LogP contribution in [-0.4, -0.2) is 76.8 Å². The molecule has 4 heterocycles. The number of fused-ring (bicyclic) bond motifs is 1. The SMILES string of the molecule is CN1CC=CC(OCC(F)(F)F)=C1Oc1ccc2nc(C[N+](=O)C3(C)CCS(=O)(=O)CC3)c(C(N)=O)n2c1. The predicted molar refractivity (Wildman–Crippen MR) is 129 cm³/mol. The fourth-order valence-electron chi connectivity index (χ4n) is 4.23. The van der Waals surface area contributed by atoms with E-state index < -0.39 is 34.1 Å². The summed E-state index contributed by atoms with van der Waals surface area (Å²) in [5.74, 6) is -1.01. The normalized spacial score (nSPS) is 19.0. The summed E-state index contributed by atoms with van der Waals surface area (Å²) < 4.78 is 74.5. The zero-order valence-electron chi connectivity index (χ0n) is 20.7. The number of amides is 1. The van der Waals surface area contributed by atoms with Crippen LogP contribution in [0.25, 0.3) is 5.65 Å². The Bertz CT molecular complexity index is 1430. The van der Waals surface area contributed by atoms with Crippen LogP contribution >= 0.6 is 0 Å². The number of hydrogen-bond donors (Lipinski definition) is 1. The number of carbonyl (C=O) groups excluding carboxylic acids is 1. The molecule has 0 radical (unpaired) electrons. The Kier molecular flexibility index (Phi) is 7.16. The van der Waals surface area contributed by atoms with Gasteiger partial charge in [0.2, 0.25) is 18.0 Å². The number of ether oxygens (including phenoxy) is 2. The third-order valence-electron chi connectivity index (χ3n) is 6.51. The molecule has 1 amide bonds. The van der Waals surface area contributed by atoms with Gasteiger partial charge in [0.1, 0.15) is 22.8 Å². The summed E-state index contributed by atoms with van der Waals surface area (Å²) >= 11 is 0. The quantitative estimate of drug-likeness (QED) is 0.488. The Hall–Kier alpha value is -3.62. The molecular weight excluding hydrogens is 531 g/mol. The van der Waals surface area contributed by atoms with E-state index in [0.717, 1.165) is 4.76 Å². The maximum Gasteiger partial charge on any atom is 0.422 e. The highest BCUT2D eigenvalue weighted by Crippen LogP contribution is 2.29. The number of halogens is 3. The smallest absolute Gasteiger partial charge is 0.422 e. The van der Waals surface area contributed by atoms with Crippen molar-refractivity contribution < 1.29 is 40.6 Å². The number of nitroso groups, excluding NO2 is 1. The first-order valence-electron chi connectivity index (χ1n) is 11.6. The highest BCUT2D eigenvalue weighted by atomic mass is 32.2. The van der Waals surface area contributed by atoms with Gasteiger partial charge >= 0.3 is 6.18 Å². The van der Waals surface area contributed by atoms with Crippen molar-refractivity contribution >= 4 is 21.4 Å². The minimum atomic E-state index is -4.54. The van der Waals surface area contributed by atoms with Crippen LogP contribution in [0.1, 0.15) is 35.9 Å². The van der Waals surface area contributed by atoms with Gasteiger partial charge in [-0.05, 0) is 18.2 Å². The van der Waals surface area contributed by atoms with Crippen molar-refractivity contribution in [1.82, 2.24) is 14.3 Å². The fourth-order valence-corrected chi connectivity index (χ4v) is 5.93. The average molecular weight is 559 g/mol. The number of imidazole rings is 1. The molecule has 0 aromatic carbocycles. The van der Waals surface area contributed by atoms with Crippen LogP contribution in [0.2, 0.25) is 0 Å². The Balaban J connectivity index is 1.63. The van der Waals surface area contributed by atoms with E-state index in [9.17, 15) is 31.3 Å². The van der Waals surface area contributed by atoms with Crippen LogP contribution in [-0.2, 0) is 21.1 Å². The third kappa shape index (κ3) is 5.92. The van der Waals surface area contributed by atoms with Crippen molar-refractivity contribution in [2.75, 3.05) is 31.7 Å². The van der Waals surface area contributed by atoms with E-state index in [2.05, 4.69) is 4.98 Å². The molecule has 2 N–H and O–H groups in total. The Morgan fingerprint density at radius 3 is 2.58 bits per heavy atom. The standard InChI is InChI=1S/C23H26F3N5O6S/c1-22(7-10-38(34,35)11-8-22)31(33)13-16-19(20(27)32)30-12-15(5-6-18(30)28-16)37-21-17(4-3-9-29(21)2)36-14-23(24,25)26/h3-6,12H,7-11,13-14H2,1-2H3,(H-,27,32)/p+1. The molecule has 2 aromatic heterocycles. The van der Waals surface area contributed by atoms with Gasteiger partial charge in [0.05, 0.1) is 17.7 Å². The zero-order valence-corrected chi connectivity index (χ0v) is 21.5.